The molecule has 0 radical (unpaired) electrons. The van der Waals surface area contributed by atoms with Gasteiger partial charge in [0.05, 0.1) is 11.7 Å². The van der Waals surface area contributed by atoms with Gasteiger partial charge in [0.25, 0.3) is 0 Å². The van der Waals surface area contributed by atoms with E-state index in [4.69, 9.17) is 5.84 Å². The summed E-state index contributed by atoms with van der Waals surface area (Å²) in [7, 11) is 0. The van der Waals surface area contributed by atoms with Crippen LogP contribution in [0.25, 0.3) is 0 Å². The molecule has 4 N–H and O–H groups in total. The van der Waals surface area contributed by atoms with Crippen LogP contribution in [-0.2, 0) is 0 Å². The predicted octanol–water partition coefficient (Wildman–Crippen LogP) is 1.64. The van der Waals surface area contributed by atoms with Crippen molar-refractivity contribution in [3.05, 3.63) is 42.0 Å². The zero-order chi connectivity index (χ0) is 13.0. The molecule has 0 aliphatic heterocycles. The average Bonchev–Trinajstić information content (AvgIpc) is 2.39. The van der Waals surface area contributed by atoms with Crippen molar-refractivity contribution in [1.82, 2.24) is 15.0 Å². The van der Waals surface area contributed by atoms with E-state index >= 15 is 0 Å². The van der Waals surface area contributed by atoms with E-state index in [1.165, 1.54) is 0 Å². The average molecular weight is 244 g/mol. The Balaban J connectivity index is 2.16. The Hall–Kier alpha value is -2.21. The van der Waals surface area contributed by atoms with Crippen LogP contribution in [0.3, 0.4) is 0 Å². The molecule has 0 amide bonds. The number of hydrogen-bond acceptors (Lipinski definition) is 6. The minimum atomic E-state index is 0.0612. The third-order valence-electron chi connectivity index (χ3n) is 2.48. The number of rotatable bonds is 4. The van der Waals surface area contributed by atoms with Gasteiger partial charge in [-0.2, -0.15) is 0 Å². The Morgan fingerprint density at radius 2 is 2.00 bits per heavy atom. The van der Waals surface area contributed by atoms with E-state index in [-0.39, 0.29) is 6.04 Å². The molecule has 2 rings (SSSR count). The summed E-state index contributed by atoms with van der Waals surface area (Å²) in [5.74, 6) is 7.30. The van der Waals surface area contributed by atoms with Gasteiger partial charge in [-0.15, -0.1) is 0 Å². The van der Waals surface area contributed by atoms with Crippen LogP contribution in [0.5, 0.6) is 0 Å². The van der Waals surface area contributed by atoms with Gasteiger partial charge in [0.15, 0.2) is 0 Å². The molecule has 0 fully saturated rings. The van der Waals surface area contributed by atoms with Crippen LogP contribution in [0.15, 0.2) is 30.5 Å². The topological polar surface area (TPSA) is 88.8 Å². The largest absolute Gasteiger partial charge is 0.362 e. The van der Waals surface area contributed by atoms with Crippen LogP contribution >= 0.6 is 0 Å². The van der Waals surface area contributed by atoms with Gasteiger partial charge in [0.1, 0.15) is 17.5 Å². The third-order valence-corrected chi connectivity index (χ3v) is 2.48. The summed E-state index contributed by atoms with van der Waals surface area (Å²) in [5.41, 5.74) is 3.47. The van der Waals surface area contributed by atoms with Crippen LogP contribution in [-0.4, -0.2) is 15.0 Å². The number of hydrogen-bond donors (Lipinski definition) is 3. The minimum Gasteiger partial charge on any atom is -0.362 e. The number of nitrogens with two attached hydrogens (primary N) is 1. The summed E-state index contributed by atoms with van der Waals surface area (Å²) in [4.78, 5) is 12.7. The predicted molar refractivity (Wildman–Crippen MR) is 70.9 cm³/mol. The van der Waals surface area contributed by atoms with Crippen molar-refractivity contribution < 1.29 is 0 Å². The standard InChI is InChI=1S/C12H16N6/c1-8(10-5-3-4-6-14-10)15-11-7-12(18-13)17-9(2)16-11/h3-8H,13H2,1-2H3,(H2,15,16,17,18). The van der Waals surface area contributed by atoms with Gasteiger partial charge < -0.3 is 10.7 Å². The van der Waals surface area contributed by atoms with Gasteiger partial charge in [-0.3, -0.25) is 4.98 Å². The summed E-state index contributed by atoms with van der Waals surface area (Å²) < 4.78 is 0. The van der Waals surface area contributed by atoms with Crippen molar-refractivity contribution in [2.24, 2.45) is 5.84 Å². The minimum absolute atomic E-state index is 0.0612. The van der Waals surface area contributed by atoms with Crippen LogP contribution < -0.4 is 16.6 Å². The zero-order valence-corrected chi connectivity index (χ0v) is 10.4. The molecule has 0 aromatic carbocycles. The lowest BCUT2D eigenvalue weighted by Gasteiger charge is -2.14. The number of anilines is 2. The summed E-state index contributed by atoms with van der Waals surface area (Å²) in [6.45, 7) is 3.84. The Morgan fingerprint density at radius 3 is 2.67 bits per heavy atom. The summed E-state index contributed by atoms with van der Waals surface area (Å²) in [5, 5.41) is 3.26. The second-order valence-electron chi connectivity index (χ2n) is 3.95. The molecule has 0 saturated heterocycles. The lowest BCUT2D eigenvalue weighted by atomic mass is 10.2. The highest BCUT2D eigenvalue weighted by Crippen LogP contribution is 2.17. The van der Waals surface area contributed by atoms with Crippen molar-refractivity contribution in [2.75, 3.05) is 10.7 Å². The fourth-order valence-corrected chi connectivity index (χ4v) is 1.64. The Morgan fingerprint density at radius 1 is 1.22 bits per heavy atom. The molecule has 6 nitrogen and oxygen atoms in total. The van der Waals surface area contributed by atoms with Gasteiger partial charge in [-0.1, -0.05) is 6.07 Å². The summed E-state index contributed by atoms with van der Waals surface area (Å²) >= 11 is 0. The molecule has 0 saturated carbocycles. The summed E-state index contributed by atoms with van der Waals surface area (Å²) in [6.07, 6.45) is 1.77. The van der Waals surface area contributed by atoms with Gasteiger partial charge >= 0.3 is 0 Å². The number of hydrazine groups is 1. The quantitative estimate of drug-likeness (QED) is 0.559. The maximum Gasteiger partial charge on any atom is 0.145 e. The molecule has 0 aliphatic rings. The zero-order valence-electron chi connectivity index (χ0n) is 10.4. The number of aromatic nitrogens is 3. The molecule has 2 aromatic rings. The van der Waals surface area contributed by atoms with Crippen LogP contribution in [0, 0.1) is 6.92 Å². The van der Waals surface area contributed by atoms with E-state index in [1.807, 2.05) is 32.0 Å². The molecule has 0 spiro atoms. The molecule has 18 heavy (non-hydrogen) atoms. The van der Waals surface area contributed by atoms with Gasteiger partial charge in [0, 0.05) is 12.3 Å². The van der Waals surface area contributed by atoms with Gasteiger partial charge in [-0.05, 0) is 26.0 Å². The van der Waals surface area contributed by atoms with Gasteiger partial charge in [-0.25, -0.2) is 15.8 Å². The molecule has 2 aromatic heterocycles. The van der Waals surface area contributed by atoms with E-state index < -0.39 is 0 Å². The number of aryl methyl sites for hydroxylation is 1. The fraction of sp³-hybridized carbons (Fsp3) is 0.250. The van der Waals surface area contributed by atoms with Crippen molar-refractivity contribution in [1.29, 1.82) is 0 Å². The maximum absolute atomic E-state index is 5.35. The van der Waals surface area contributed by atoms with Crippen LogP contribution in [0.2, 0.25) is 0 Å². The highest BCUT2D eigenvalue weighted by Gasteiger charge is 2.08. The number of nitrogens with zero attached hydrogens (tertiary/aromatic N) is 3. The molecule has 2 heterocycles. The Kier molecular flexibility index (Phi) is 3.69. The monoisotopic (exact) mass is 244 g/mol. The Labute approximate surface area is 106 Å². The van der Waals surface area contributed by atoms with E-state index in [9.17, 15) is 0 Å². The first-order valence-electron chi connectivity index (χ1n) is 5.69. The SMILES string of the molecule is Cc1nc(NN)cc(NC(C)c2ccccn2)n1. The summed E-state index contributed by atoms with van der Waals surface area (Å²) in [6, 6.07) is 7.63. The van der Waals surface area contributed by atoms with Crippen molar-refractivity contribution in [3.63, 3.8) is 0 Å². The molecule has 0 bridgehead atoms. The number of pyridine rings is 1. The van der Waals surface area contributed by atoms with Crippen LogP contribution in [0.1, 0.15) is 24.5 Å². The molecule has 0 aliphatic carbocycles. The lowest BCUT2D eigenvalue weighted by Crippen LogP contribution is -2.13. The number of nitrogens with one attached hydrogen (secondary N) is 2. The number of nitrogen functional groups attached to an aromatic ring is 1. The van der Waals surface area contributed by atoms with E-state index in [2.05, 4.69) is 25.7 Å². The fourth-order valence-electron chi connectivity index (χ4n) is 1.64. The van der Waals surface area contributed by atoms with Crippen molar-refractivity contribution in [3.8, 4) is 0 Å². The second kappa shape index (κ2) is 5.42. The van der Waals surface area contributed by atoms with Crippen LogP contribution in [0.4, 0.5) is 11.6 Å². The third kappa shape index (κ3) is 2.92. The highest BCUT2D eigenvalue weighted by molar-refractivity contribution is 5.47. The highest BCUT2D eigenvalue weighted by atomic mass is 15.3. The van der Waals surface area contributed by atoms with Crippen molar-refractivity contribution in [2.45, 2.75) is 19.9 Å². The first-order chi connectivity index (χ1) is 8.69. The molecular formula is C12H16N6. The van der Waals surface area contributed by atoms with Crippen molar-refractivity contribution >= 4 is 11.6 Å². The smallest absolute Gasteiger partial charge is 0.145 e. The molecular weight excluding hydrogens is 228 g/mol. The molecule has 1 atom stereocenters. The maximum atomic E-state index is 5.35. The van der Waals surface area contributed by atoms with E-state index in [0.717, 1.165) is 5.69 Å². The molecule has 94 valence electrons. The first-order valence-corrected chi connectivity index (χ1v) is 5.69. The molecule has 6 heteroatoms. The first kappa shape index (κ1) is 12.3. The van der Waals surface area contributed by atoms with E-state index in [1.54, 1.807) is 12.3 Å². The Bertz CT molecular complexity index is 513. The molecule has 1 unspecified atom stereocenters. The normalized spacial score (nSPS) is 11.9. The second-order valence-corrected chi connectivity index (χ2v) is 3.95. The van der Waals surface area contributed by atoms with Gasteiger partial charge in [0.2, 0.25) is 0 Å². The lowest BCUT2D eigenvalue weighted by molar-refractivity contribution is 0.827. The van der Waals surface area contributed by atoms with E-state index in [0.29, 0.717) is 17.5 Å².